The maximum atomic E-state index is 5.83. The summed E-state index contributed by atoms with van der Waals surface area (Å²) >= 11 is 5.83. The van der Waals surface area contributed by atoms with E-state index < -0.39 is 0 Å². The van der Waals surface area contributed by atoms with E-state index in [-0.39, 0.29) is 12.4 Å². The number of hydrogen-bond acceptors (Lipinski definition) is 4. The number of nitrogens with zero attached hydrogens (tertiary/aromatic N) is 1. The van der Waals surface area contributed by atoms with Crippen molar-refractivity contribution < 1.29 is 9.26 Å². The topological polar surface area (TPSA) is 61.3 Å². The third-order valence-corrected chi connectivity index (χ3v) is 1.99. The van der Waals surface area contributed by atoms with E-state index in [9.17, 15) is 0 Å². The van der Waals surface area contributed by atoms with E-state index in [0.29, 0.717) is 29.6 Å². The molecule has 4 nitrogen and oxygen atoms in total. The zero-order valence-corrected chi connectivity index (χ0v) is 9.35. The van der Waals surface area contributed by atoms with Gasteiger partial charge in [-0.3, -0.25) is 0 Å². The fraction of sp³-hybridized carbons (Fsp3) is 0.222. The Hall–Kier alpha value is -0.970. The molecule has 0 saturated heterocycles. The van der Waals surface area contributed by atoms with Crippen molar-refractivity contribution in [2.75, 3.05) is 13.2 Å². The van der Waals surface area contributed by atoms with Crippen molar-refractivity contribution in [1.82, 2.24) is 5.16 Å². The highest BCUT2D eigenvalue weighted by Gasteiger charge is 2.08. The Bertz CT molecular complexity index is 445. The average molecular weight is 249 g/mol. The molecule has 1 heterocycles. The highest BCUT2D eigenvalue weighted by atomic mass is 35.5. The number of aromatic nitrogens is 1. The lowest BCUT2D eigenvalue weighted by molar-refractivity contribution is 0.293. The van der Waals surface area contributed by atoms with Crippen molar-refractivity contribution >= 4 is 35.0 Å². The number of nitrogens with two attached hydrogens (primary N) is 1. The van der Waals surface area contributed by atoms with Gasteiger partial charge in [0.15, 0.2) is 5.58 Å². The Kier molecular flexibility index (Phi) is 4.20. The molecule has 0 bridgehead atoms. The number of benzene rings is 1. The summed E-state index contributed by atoms with van der Waals surface area (Å²) in [6.45, 7) is 0.850. The van der Waals surface area contributed by atoms with Gasteiger partial charge in [0, 0.05) is 11.6 Å². The van der Waals surface area contributed by atoms with Crippen LogP contribution in [0.2, 0.25) is 5.02 Å². The minimum absolute atomic E-state index is 0. The summed E-state index contributed by atoms with van der Waals surface area (Å²) in [6, 6.07) is 5.24. The number of halogens is 2. The number of rotatable bonds is 3. The van der Waals surface area contributed by atoms with Crippen LogP contribution in [0.25, 0.3) is 11.0 Å². The van der Waals surface area contributed by atoms with Crippen LogP contribution in [0.4, 0.5) is 0 Å². The maximum Gasteiger partial charge on any atom is 0.262 e. The standard InChI is InChI=1S/C9H9ClN2O2.ClH/c10-6-1-2-8-7(5-6)9(12-14-8)13-4-3-11;/h1-2,5H,3-4,11H2;1H. The Morgan fingerprint density at radius 3 is 3.00 bits per heavy atom. The summed E-state index contributed by atoms with van der Waals surface area (Å²) in [4.78, 5) is 0. The first-order valence-electron chi connectivity index (χ1n) is 4.19. The molecule has 0 fully saturated rings. The molecule has 2 N–H and O–H groups in total. The highest BCUT2D eigenvalue weighted by Crippen LogP contribution is 2.27. The van der Waals surface area contributed by atoms with E-state index in [4.69, 9.17) is 26.6 Å². The predicted octanol–water partition coefficient (Wildman–Crippen LogP) is 2.24. The molecule has 0 aliphatic rings. The van der Waals surface area contributed by atoms with E-state index in [1.165, 1.54) is 0 Å². The fourth-order valence-corrected chi connectivity index (χ4v) is 1.32. The zero-order chi connectivity index (χ0) is 9.97. The van der Waals surface area contributed by atoms with E-state index in [1.807, 2.05) is 0 Å². The zero-order valence-electron chi connectivity index (χ0n) is 7.77. The molecule has 0 radical (unpaired) electrons. The lowest BCUT2D eigenvalue weighted by Gasteiger charge is -1.98. The van der Waals surface area contributed by atoms with Crippen molar-refractivity contribution in [3.63, 3.8) is 0 Å². The van der Waals surface area contributed by atoms with Gasteiger partial charge in [0.25, 0.3) is 5.88 Å². The van der Waals surface area contributed by atoms with Gasteiger partial charge in [-0.2, -0.15) is 0 Å². The van der Waals surface area contributed by atoms with Crippen LogP contribution in [-0.4, -0.2) is 18.3 Å². The average Bonchev–Trinajstić information content (AvgIpc) is 2.57. The molecule has 0 amide bonds. The van der Waals surface area contributed by atoms with Gasteiger partial charge in [0.05, 0.1) is 5.39 Å². The molecule has 0 unspecified atom stereocenters. The minimum Gasteiger partial charge on any atom is -0.474 e. The second-order valence-corrected chi connectivity index (χ2v) is 3.20. The molecular weight excluding hydrogens is 239 g/mol. The molecule has 6 heteroatoms. The van der Waals surface area contributed by atoms with Crippen LogP contribution >= 0.6 is 24.0 Å². The molecule has 1 aromatic carbocycles. The van der Waals surface area contributed by atoms with Crippen LogP contribution < -0.4 is 10.5 Å². The fourth-order valence-electron chi connectivity index (χ4n) is 1.15. The van der Waals surface area contributed by atoms with Gasteiger partial charge in [-0.05, 0) is 23.4 Å². The summed E-state index contributed by atoms with van der Waals surface area (Å²) in [5, 5.41) is 5.16. The minimum atomic E-state index is 0. The Balaban J connectivity index is 0.00000112. The normalized spacial score (nSPS) is 10.0. The lowest BCUT2D eigenvalue weighted by atomic mass is 10.2. The third kappa shape index (κ3) is 2.53. The molecule has 0 spiro atoms. The van der Waals surface area contributed by atoms with Crippen molar-refractivity contribution in [3.05, 3.63) is 23.2 Å². The van der Waals surface area contributed by atoms with Crippen molar-refractivity contribution in [3.8, 4) is 5.88 Å². The first kappa shape index (κ1) is 12.1. The smallest absolute Gasteiger partial charge is 0.262 e. The quantitative estimate of drug-likeness (QED) is 0.906. The number of hydrogen-bond donors (Lipinski definition) is 1. The van der Waals surface area contributed by atoms with Crippen LogP contribution in [0.3, 0.4) is 0 Å². The monoisotopic (exact) mass is 248 g/mol. The van der Waals surface area contributed by atoms with Crippen LogP contribution in [0.1, 0.15) is 0 Å². The molecular formula is C9H10Cl2N2O2. The first-order chi connectivity index (χ1) is 6.81. The Labute approximate surface area is 97.7 Å². The van der Waals surface area contributed by atoms with Gasteiger partial charge in [-0.1, -0.05) is 11.6 Å². The van der Waals surface area contributed by atoms with Gasteiger partial charge in [0.1, 0.15) is 6.61 Å². The lowest BCUT2D eigenvalue weighted by Crippen LogP contribution is -2.10. The van der Waals surface area contributed by atoms with Crippen LogP contribution in [0.15, 0.2) is 22.7 Å². The maximum absolute atomic E-state index is 5.83. The molecule has 1 aromatic heterocycles. The van der Waals surface area contributed by atoms with E-state index >= 15 is 0 Å². The Morgan fingerprint density at radius 1 is 1.47 bits per heavy atom. The van der Waals surface area contributed by atoms with Crippen molar-refractivity contribution in [1.29, 1.82) is 0 Å². The Morgan fingerprint density at radius 2 is 2.27 bits per heavy atom. The van der Waals surface area contributed by atoms with Crippen LogP contribution in [0.5, 0.6) is 5.88 Å². The number of fused-ring (bicyclic) bond motifs is 1. The van der Waals surface area contributed by atoms with Crippen LogP contribution in [0, 0.1) is 0 Å². The van der Waals surface area contributed by atoms with E-state index in [0.717, 1.165) is 5.39 Å². The summed E-state index contributed by atoms with van der Waals surface area (Å²) in [6.07, 6.45) is 0. The molecule has 0 atom stereocenters. The molecule has 2 aromatic rings. The van der Waals surface area contributed by atoms with Gasteiger partial charge in [-0.25, -0.2) is 0 Å². The largest absolute Gasteiger partial charge is 0.474 e. The predicted molar refractivity (Wildman–Crippen MR) is 60.8 cm³/mol. The van der Waals surface area contributed by atoms with Gasteiger partial charge >= 0.3 is 0 Å². The summed E-state index contributed by atoms with van der Waals surface area (Å²) < 4.78 is 10.3. The van der Waals surface area contributed by atoms with Crippen molar-refractivity contribution in [2.24, 2.45) is 5.73 Å². The SMILES string of the molecule is Cl.NCCOc1noc2ccc(Cl)cc12. The van der Waals surface area contributed by atoms with Crippen LogP contribution in [-0.2, 0) is 0 Å². The second-order valence-electron chi connectivity index (χ2n) is 2.77. The van der Waals surface area contributed by atoms with Gasteiger partial charge in [0.2, 0.25) is 0 Å². The van der Waals surface area contributed by atoms with E-state index in [2.05, 4.69) is 5.16 Å². The molecule has 2 rings (SSSR count). The molecule has 82 valence electrons. The molecule has 15 heavy (non-hydrogen) atoms. The molecule has 0 saturated carbocycles. The number of ether oxygens (including phenoxy) is 1. The highest BCUT2D eigenvalue weighted by molar-refractivity contribution is 6.31. The third-order valence-electron chi connectivity index (χ3n) is 1.76. The van der Waals surface area contributed by atoms with Crippen molar-refractivity contribution in [2.45, 2.75) is 0 Å². The summed E-state index contributed by atoms with van der Waals surface area (Å²) in [7, 11) is 0. The van der Waals surface area contributed by atoms with Gasteiger partial charge in [-0.15, -0.1) is 12.4 Å². The molecule has 0 aliphatic heterocycles. The van der Waals surface area contributed by atoms with E-state index in [1.54, 1.807) is 18.2 Å². The molecule has 0 aliphatic carbocycles. The second kappa shape index (κ2) is 5.21. The van der Waals surface area contributed by atoms with Gasteiger partial charge < -0.3 is 15.0 Å². The first-order valence-corrected chi connectivity index (χ1v) is 4.57. The summed E-state index contributed by atoms with van der Waals surface area (Å²) in [5.74, 6) is 0.438. The summed E-state index contributed by atoms with van der Waals surface area (Å²) in [5.41, 5.74) is 5.96.